The molecule has 0 bridgehead atoms. The molecule has 0 radical (unpaired) electrons. The van der Waals surface area contributed by atoms with Gasteiger partial charge in [-0.2, -0.15) is 5.10 Å². The van der Waals surface area contributed by atoms with Gasteiger partial charge in [-0.3, -0.25) is 9.48 Å². The number of carboxylic acid groups (broad SMARTS) is 1. The standard InChI is InChI=1S/C14H15N3O4/c1-3-21-11-7-5-4-6-9(11)13(18)16-10-8-15-17(2)12(10)14(19)20/h4-8H,3H2,1-2H3,(H,16,18)(H,19,20). The van der Waals surface area contributed by atoms with E-state index in [0.717, 1.165) is 0 Å². The van der Waals surface area contributed by atoms with Crippen molar-refractivity contribution in [2.24, 2.45) is 7.05 Å². The number of aromatic carboxylic acids is 1. The third kappa shape index (κ3) is 3.02. The van der Waals surface area contributed by atoms with Gasteiger partial charge in [0.25, 0.3) is 5.91 Å². The van der Waals surface area contributed by atoms with E-state index in [4.69, 9.17) is 9.84 Å². The lowest BCUT2D eigenvalue weighted by Crippen LogP contribution is -2.16. The van der Waals surface area contributed by atoms with Gasteiger partial charge in [0.2, 0.25) is 0 Å². The lowest BCUT2D eigenvalue weighted by Gasteiger charge is -2.10. The van der Waals surface area contributed by atoms with E-state index in [-0.39, 0.29) is 11.4 Å². The molecule has 0 saturated carbocycles. The van der Waals surface area contributed by atoms with Crippen LogP contribution in [0, 0.1) is 0 Å². The van der Waals surface area contributed by atoms with Crippen molar-refractivity contribution >= 4 is 17.6 Å². The van der Waals surface area contributed by atoms with E-state index in [1.54, 1.807) is 24.3 Å². The summed E-state index contributed by atoms with van der Waals surface area (Å²) >= 11 is 0. The van der Waals surface area contributed by atoms with Crippen molar-refractivity contribution in [1.82, 2.24) is 9.78 Å². The number of anilines is 1. The minimum atomic E-state index is -1.16. The molecule has 0 aliphatic carbocycles. The summed E-state index contributed by atoms with van der Waals surface area (Å²) < 4.78 is 6.57. The Bertz CT molecular complexity index is 679. The number of hydrogen-bond acceptors (Lipinski definition) is 4. The SMILES string of the molecule is CCOc1ccccc1C(=O)Nc1cnn(C)c1C(=O)O. The van der Waals surface area contributed by atoms with Crippen molar-refractivity contribution in [3.8, 4) is 5.75 Å². The molecule has 0 spiro atoms. The Hall–Kier alpha value is -2.83. The molecular weight excluding hydrogens is 274 g/mol. The fourth-order valence-corrected chi connectivity index (χ4v) is 1.91. The van der Waals surface area contributed by atoms with Gasteiger partial charge in [-0.25, -0.2) is 4.79 Å². The molecule has 0 atom stereocenters. The summed E-state index contributed by atoms with van der Waals surface area (Å²) in [5.41, 5.74) is 0.387. The van der Waals surface area contributed by atoms with E-state index in [9.17, 15) is 9.59 Å². The lowest BCUT2D eigenvalue weighted by molar-refractivity contribution is 0.0686. The Labute approximate surface area is 121 Å². The number of carbonyl (C=O) groups is 2. The Morgan fingerprint density at radius 1 is 1.38 bits per heavy atom. The molecule has 21 heavy (non-hydrogen) atoms. The Morgan fingerprint density at radius 2 is 2.10 bits per heavy atom. The first kappa shape index (κ1) is 14.6. The molecule has 0 saturated heterocycles. The fourth-order valence-electron chi connectivity index (χ4n) is 1.91. The van der Waals surface area contributed by atoms with Gasteiger partial charge in [-0.15, -0.1) is 0 Å². The summed E-state index contributed by atoms with van der Waals surface area (Å²) in [7, 11) is 1.49. The average molecular weight is 289 g/mol. The number of ether oxygens (including phenoxy) is 1. The summed E-state index contributed by atoms with van der Waals surface area (Å²) in [6.45, 7) is 2.25. The van der Waals surface area contributed by atoms with Crippen LogP contribution in [0.15, 0.2) is 30.5 Å². The topological polar surface area (TPSA) is 93.5 Å². The van der Waals surface area contributed by atoms with Crippen LogP contribution in [0.5, 0.6) is 5.75 Å². The number of aryl methyl sites for hydroxylation is 1. The number of para-hydroxylation sites is 1. The van der Waals surface area contributed by atoms with E-state index in [0.29, 0.717) is 17.9 Å². The third-order valence-corrected chi connectivity index (χ3v) is 2.82. The predicted molar refractivity (Wildman–Crippen MR) is 75.7 cm³/mol. The lowest BCUT2D eigenvalue weighted by atomic mass is 10.2. The van der Waals surface area contributed by atoms with Crippen LogP contribution in [0.1, 0.15) is 27.8 Å². The quantitative estimate of drug-likeness (QED) is 0.875. The molecule has 7 heteroatoms. The second-order valence-corrected chi connectivity index (χ2v) is 4.22. The summed E-state index contributed by atoms with van der Waals surface area (Å²) in [6.07, 6.45) is 1.30. The zero-order valence-electron chi connectivity index (χ0n) is 11.7. The highest BCUT2D eigenvalue weighted by Gasteiger charge is 2.19. The van der Waals surface area contributed by atoms with Crippen LogP contribution in [0.4, 0.5) is 5.69 Å². The van der Waals surface area contributed by atoms with Gasteiger partial charge >= 0.3 is 5.97 Å². The Morgan fingerprint density at radius 3 is 2.76 bits per heavy atom. The van der Waals surface area contributed by atoms with Crippen LogP contribution in [-0.2, 0) is 7.05 Å². The molecule has 110 valence electrons. The highest BCUT2D eigenvalue weighted by molar-refractivity contribution is 6.08. The van der Waals surface area contributed by atoms with Gasteiger partial charge in [0.1, 0.15) is 5.75 Å². The van der Waals surface area contributed by atoms with Crippen molar-refractivity contribution < 1.29 is 19.4 Å². The smallest absolute Gasteiger partial charge is 0.356 e. The largest absolute Gasteiger partial charge is 0.493 e. The van der Waals surface area contributed by atoms with E-state index >= 15 is 0 Å². The molecule has 0 aliphatic heterocycles. The van der Waals surface area contributed by atoms with Gasteiger partial charge in [0.05, 0.1) is 24.1 Å². The summed E-state index contributed by atoms with van der Waals surface area (Å²) in [6, 6.07) is 6.75. The maximum atomic E-state index is 12.3. The van der Waals surface area contributed by atoms with Crippen molar-refractivity contribution in [2.75, 3.05) is 11.9 Å². The highest BCUT2D eigenvalue weighted by atomic mass is 16.5. The normalized spacial score (nSPS) is 10.2. The minimum absolute atomic E-state index is 0.0859. The number of hydrogen-bond donors (Lipinski definition) is 2. The summed E-state index contributed by atoms with van der Waals surface area (Å²) in [4.78, 5) is 23.4. The van der Waals surface area contributed by atoms with Crippen LogP contribution in [-0.4, -0.2) is 33.4 Å². The number of carboxylic acids is 1. The van der Waals surface area contributed by atoms with Crippen molar-refractivity contribution in [2.45, 2.75) is 6.92 Å². The van der Waals surface area contributed by atoms with Gasteiger partial charge in [0, 0.05) is 7.05 Å². The minimum Gasteiger partial charge on any atom is -0.493 e. The molecule has 0 unspecified atom stereocenters. The molecular formula is C14H15N3O4. The van der Waals surface area contributed by atoms with Gasteiger partial charge < -0.3 is 15.2 Å². The zero-order valence-corrected chi connectivity index (χ0v) is 11.7. The molecule has 2 aromatic rings. The van der Waals surface area contributed by atoms with Crippen LogP contribution in [0.3, 0.4) is 0 Å². The molecule has 7 nitrogen and oxygen atoms in total. The Balaban J connectivity index is 2.29. The number of amides is 1. The third-order valence-electron chi connectivity index (χ3n) is 2.82. The first-order chi connectivity index (χ1) is 10.0. The molecule has 1 heterocycles. The van der Waals surface area contributed by atoms with E-state index in [2.05, 4.69) is 10.4 Å². The predicted octanol–water partition coefficient (Wildman–Crippen LogP) is 1.77. The van der Waals surface area contributed by atoms with Crippen molar-refractivity contribution in [3.05, 3.63) is 41.7 Å². The zero-order chi connectivity index (χ0) is 15.4. The maximum absolute atomic E-state index is 12.3. The summed E-state index contributed by atoms with van der Waals surface area (Å²) in [5, 5.41) is 15.5. The molecule has 2 N–H and O–H groups in total. The first-order valence-electron chi connectivity index (χ1n) is 6.33. The number of nitrogens with zero attached hydrogens (tertiary/aromatic N) is 2. The van der Waals surface area contributed by atoms with E-state index in [1.807, 2.05) is 6.92 Å². The Kier molecular flexibility index (Phi) is 4.22. The molecule has 1 aromatic carbocycles. The van der Waals surface area contributed by atoms with Gasteiger partial charge in [0.15, 0.2) is 5.69 Å². The number of carbonyl (C=O) groups excluding carboxylic acids is 1. The number of benzene rings is 1. The molecule has 0 fully saturated rings. The van der Waals surface area contributed by atoms with Crippen LogP contribution in [0.25, 0.3) is 0 Å². The van der Waals surface area contributed by atoms with Crippen LogP contribution in [0.2, 0.25) is 0 Å². The molecule has 1 amide bonds. The monoisotopic (exact) mass is 289 g/mol. The molecule has 2 rings (SSSR count). The number of rotatable bonds is 5. The average Bonchev–Trinajstić information content (AvgIpc) is 2.80. The second-order valence-electron chi connectivity index (χ2n) is 4.22. The molecule has 1 aromatic heterocycles. The first-order valence-corrected chi connectivity index (χ1v) is 6.33. The summed E-state index contributed by atoms with van der Waals surface area (Å²) in [5.74, 6) is -1.17. The van der Waals surface area contributed by atoms with Crippen molar-refractivity contribution in [3.63, 3.8) is 0 Å². The van der Waals surface area contributed by atoms with E-state index in [1.165, 1.54) is 17.9 Å². The van der Waals surface area contributed by atoms with Gasteiger partial charge in [-0.1, -0.05) is 12.1 Å². The van der Waals surface area contributed by atoms with Crippen molar-refractivity contribution in [1.29, 1.82) is 0 Å². The fraction of sp³-hybridized carbons (Fsp3) is 0.214. The van der Waals surface area contributed by atoms with E-state index < -0.39 is 11.9 Å². The number of nitrogens with one attached hydrogen (secondary N) is 1. The second kappa shape index (κ2) is 6.08. The maximum Gasteiger partial charge on any atom is 0.356 e. The van der Waals surface area contributed by atoms with Crippen LogP contribution < -0.4 is 10.1 Å². The van der Waals surface area contributed by atoms with Gasteiger partial charge in [-0.05, 0) is 19.1 Å². The highest BCUT2D eigenvalue weighted by Crippen LogP contribution is 2.21. The number of aromatic nitrogens is 2. The molecule has 0 aliphatic rings. The van der Waals surface area contributed by atoms with Crippen LogP contribution >= 0.6 is 0 Å².